The zero-order valence-corrected chi connectivity index (χ0v) is 14.8. The molecule has 5 heteroatoms. The van der Waals surface area contributed by atoms with Crippen molar-refractivity contribution < 1.29 is 0 Å². The van der Waals surface area contributed by atoms with Crippen LogP contribution in [0.4, 0.5) is 0 Å². The third-order valence-electron chi connectivity index (χ3n) is 4.04. The van der Waals surface area contributed by atoms with Crippen molar-refractivity contribution in [3.05, 3.63) is 19.2 Å². The van der Waals surface area contributed by atoms with E-state index < -0.39 is 0 Å². The van der Waals surface area contributed by atoms with Crippen molar-refractivity contribution in [3.8, 4) is 0 Å². The number of rotatable bonds is 3. The minimum Gasteiger partial charge on any atom is -0.329 e. The van der Waals surface area contributed by atoms with Crippen LogP contribution in [-0.4, -0.2) is 24.0 Å². The van der Waals surface area contributed by atoms with Gasteiger partial charge >= 0.3 is 0 Å². The highest BCUT2D eigenvalue weighted by Gasteiger charge is 2.31. The van der Waals surface area contributed by atoms with Crippen LogP contribution >= 0.6 is 43.2 Å². The van der Waals surface area contributed by atoms with Gasteiger partial charge in [0.05, 0.1) is 9.83 Å². The number of halogens is 2. The first-order valence-corrected chi connectivity index (χ1v) is 8.85. The largest absolute Gasteiger partial charge is 0.329 e. The van der Waals surface area contributed by atoms with Gasteiger partial charge in [-0.05, 0) is 70.2 Å². The maximum atomic E-state index is 6.04. The molecule has 1 aliphatic rings. The molecular weight excluding hydrogens is 376 g/mol. The van der Waals surface area contributed by atoms with Crippen molar-refractivity contribution in [2.75, 3.05) is 13.1 Å². The molecule has 2 heterocycles. The number of nitrogens with zero attached hydrogens (tertiary/aromatic N) is 1. The van der Waals surface area contributed by atoms with Gasteiger partial charge in [0.2, 0.25) is 0 Å². The van der Waals surface area contributed by atoms with Crippen LogP contribution in [0, 0.1) is 5.92 Å². The summed E-state index contributed by atoms with van der Waals surface area (Å²) in [5.74, 6) is 0.764. The Balaban J connectivity index is 2.22. The SMILES string of the molecule is CC1CCCN(C(CN)c2cc(Br)c(Br)s2)C1C. The molecule has 1 saturated heterocycles. The molecule has 2 N–H and O–H groups in total. The van der Waals surface area contributed by atoms with Crippen LogP contribution in [0.2, 0.25) is 0 Å². The lowest BCUT2D eigenvalue weighted by Gasteiger charge is -2.42. The summed E-state index contributed by atoms with van der Waals surface area (Å²) in [4.78, 5) is 3.94. The molecule has 0 bridgehead atoms. The predicted molar refractivity (Wildman–Crippen MR) is 86.1 cm³/mol. The first-order chi connectivity index (χ1) is 8.54. The highest BCUT2D eigenvalue weighted by atomic mass is 79.9. The molecule has 0 aromatic carbocycles. The third kappa shape index (κ3) is 3.01. The maximum Gasteiger partial charge on any atom is 0.0843 e. The van der Waals surface area contributed by atoms with E-state index in [1.807, 2.05) is 0 Å². The molecule has 2 rings (SSSR count). The van der Waals surface area contributed by atoms with Gasteiger partial charge < -0.3 is 5.73 Å². The predicted octanol–water partition coefficient (Wildman–Crippen LogP) is 4.39. The maximum absolute atomic E-state index is 6.04. The Labute approximate surface area is 130 Å². The van der Waals surface area contributed by atoms with Gasteiger partial charge in [0, 0.05) is 21.9 Å². The Bertz CT molecular complexity index is 388. The normalized spacial score (nSPS) is 27.4. The van der Waals surface area contributed by atoms with E-state index in [4.69, 9.17) is 5.73 Å². The van der Waals surface area contributed by atoms with E-state index in [1.54, 1.807) is 11.3 Å². The lowest BCUT2D eigenvalue weighted by Crippen LogP contribution is -2.46. The van der Waals surface area contributed by atoms with Crippen molar-refractivity contribution in [1.82, 2.24) is 4.90 Å². The number of thiophene rings is 1. The highest BCUT2D eigenvalue weighted by Crippen LogP contribution is 2.39. The fourth-order valence-electron chi connectivity index (χ4n) is 2.75. The third-order valence-corrected chi connectivity index (χ3v) is 7.40. The minimum atomic E-state index is 0.357. The molecule has 0 spiro atoms. The average Bonchev–Trinajstić information content (AvgIpc) is 2.66. The van der Waals surface area contributed by atoms with Gasteiger partial charge in [-0.3, -0.25) is 4.90 Å². The van der Waals surface area contributed by atoms with Gasteiger partial charge in [0.15, 0.2) is 0 Å². The molecule has 3 atom stereocenters. The van der Waals surface area contributed by atoms with E-state index in [0.29, 0.717) is 18.6 Å². The number of nitrogens with two attached hydrogens (primary N) is 1. The van der Waals surface area contributed by atoms with Crippen LogP contribution in [-0.2, 0) is 0 Å². The van der Waals surface area contributed by atoms with Gasteiger partial charge in [0.25, 0.3) is 0 Å². The molecule has 1 aromatic rings. The van der Waals surface area contributed by atoms with Crippen molar-refractivity contribution in [2.45, 2.75) is 38.8 Å². The molecule has 0 aliphatic carbocycles. The van der Waals surface area contributed by atoms with E-state index in [9.17, 15) is 0 Å². The number of hydrogen-bond donors (Lipinski definition) is 1. The average molecular weight is 396 g/mol. The Morgan fingerprint density at radius 3 is 2.78 bits per heavy atom. The quantitative estimate of drug-likeness (QED) is 0.821. The smallest absolute Gasteiger partial charge is 0.0843 e. The van der Waals surface area contributed by atoms with E-state index in [0.717, 1.165) is 14.2 Å². The van der Waals surface area contributed by atoms with Crippen LogP contribution in [0.25, 0.3) is 0 Å². The second-order valence-corrected chi connectivity index (χ2v) is 8.38. The van der Waals surface area contributed by atoms with Crippen molar-refractivity contribution >= 4 is 43.2 Å². The Morgan fingerprint density at radius 2 is 2.22 bits per heavy atom. The highest BCUT2D eigenvalue weighted by molar-refractivity contribution is 9.13. The van der Waals surface area contributed by atoms with E-state index >= 15 is 0 Å². The first kappa shape index (κ1) is 15.0. The summed E-state index contributed by atoms with van der Waals surface area (Å²) in [6.07, 6.45) is 2.63. The van der Waals surface area contributed by atoms with Crippen molar-refractivity contribution in [2.24, 2.45) is 11.7 Å². The number of piperidine rings is 1. The second-order valence-electron chi connectivity index (χ2n) is 5.12. The molecule has 102 valence electrons. The van der Waals surface area contributed by atoms with E-state index in [-0.39, 0.29) is 0 Å². The molecule has 1 aliphatic heterocycles. The van der Waals surface area contributed by atoms with Gasteiger partial charge in [-0.2, -0.15) is 0 Å². The fourth-order valence-corrected chi connectivity index (χ4v) is 4.97. The van der Waals surface area contributed by atoms with Crippen LogP contribution in [0.15, 0.2) is 14.3 Å². The molecule has 1 aromatic heterocycles. The monoisotopic (exact) mass is 394 g/mol. The zero-order chi connectivity index (χ0) is 13.3. The fraction of sp³-hybridized carbons (Fsp3) is 0.692. The number of hydrogen-bond acceptors (Lipinski definition) is 3. The second kappa shape index (κ2) is 6.35. The van der Waals surface area contributed by atoms with E-state index in [1.165, 1.54) is 24.3 Å². The molecular formula is C13H20Br2N2S. The molecule has 0 saturated carbocycles. The minimum absolute atomic E-state index is 0.357. The summed E-state index contributed by atoms with van der Waals surface area (Å²) in [5.41, 5.74) is 6.04. The molecule has 2 nitrogen and oxygen atoms in total. The summed E-state index contributed by atoms with van der Waals surface area (Å²) in [6, 6.07) is 3.18. The van der Waals surface area contributed by atoms with Crippen LogP contribution in [0.1, 0.15) is 37.6 Å². The Morgan fingerprint density at radius 1 is 1.50 bits per heavy atom. The molecule has 1 fully saturated rings. The Kier molecular flexibility index (Phi) is 5.29. The van der Waals surface area contributed by atoms with Gasteiger partial charge in [-0.1, -0.05) is 6.92 Å². The Hall–Kier alpha value is 0.580. The summed E-state index contributed by atoms with van der Waals surface area (Å²) in [7, 11) is 0. The van der Waals surface area contributed by atoms with Crippen molar-refractivity contribution in [3.63, 3.8) is 0 Å². The molecule has 18 heavy (non-hydrogen) atoms. The molecule has 3 unspecified atom stereocenters. The van der Waals surface area contributed by atoms with E-state index in [2.05, 4.69) is 56.7 Å². The van der Waals surface area contributed by atoms with Crippen LogP contribution < -0.4 is 5.73 Å². The standard InChI is InChI=1S/C13H20Br2N2S/c1-8-4-3-5-17(9(8)2)11(7-16)12-6-10(14)13(15)18-12/h6,8-9,11H,3-5,7,16H2,1-2H3. The lowest BCUT2D eigenvalue weighted by atomic mass is 9.90. The summed E-state index contributed by atoms with van der Waals surface area (Å²) >= 11 is 8.94. The molecule has 0 radical (unpaired) electrons. The summed E-state index contributed by atoms with van der Waals surface area (Å²) < 4.78 is 2.30. The van der Waals surface area contributed by atoms with Gasteiger partial charge in [-0.15, -0.1) is 11.3 Å². The zero-order valence-electron chi connectivity index (χ0n) is 10.8. The van der Waals surface area contributed by atoms with Gasteiger partial charge in [0.1, 0.15) is 0 Å². The molecule has 0 amide bonds. The number of likely N-dealkylation sites (tertiary alicyclic amines) is 1. The first-order valence-electron chi connectivity index (χ1n) is 6.45. The summed E-state index contributed by atoms with van der Waals surface area (Å²) in [6.45, 7) is 6.55. The van der Waals surface area contributed by atoms with Crippen molar-refractivity contribution in [1.29, 1.82) is 0 Å². The van der Waals surface area contributed by atoms with Crippen LogP contribution in [0.5, 0.6) is 0 Å². The summed E-state index contributed by atoms with van der Waals surface area (Å²) in [5, 5.41) is 0. The lowest BCUT2D eigenvalue weighted by molar-refractivity contribution is 0.0724. The van der Waals surface area contributed by atoms with Gasteiger partial charge in [-0.25, -0.2) is 0 Å². The topological polar surface area (TPSA) is 29.3 Å². The van der Waals surface area contributed by atoms with Crippen LogP contribution in [0.3, 0.4) is 0 Å².